The summed E-state index contributed by atoms with van der Waals surface area (Å²) in [5.74, 6) is 0.655. The van der Waals surface area contributed by atoms with Crippen LogP contribution >= 0.6 is 12.4 Å². The first-order valence-corrected chi connectivity index (χ1v) is 6.16. The maximum Gasteiger partial charge on any atom is 0.316 e. The van der Waals surface area contributed by atoms with Gasteiger partial charge in [-0.1, -0.05) is 12.1 Å². The Hall–Kier alpha value is -1.26. The van der Waals surface area contributed by atoms with Crippen molar-refractivity contribution in [2.45, 2.75) is 18.3 Å². The third-order valence-electron chi connectivity index (χ3n) is 3.68. The zero-order valence-corrected chi connectivity index (χ0v) is 12.1. The van der Waals surface area contributed by atoms with Gasteiger partial charge in [0.25, 0.3) is 0 Å². The lowest BCUT2D eigenvalue weighted by molar-refractivity contribution is -0.148. The zero-order valence-electron chi connectivity index (χ0n) is 11.3. The van der Waals surface area contributed by atoms with Crippen molar-refractivity contribution in [3.63, 3.8) is 0 Å². The Labute approximate surface area is 119 Å². The van der Waals surface area contributed by atoms with Crippen molar-refractivity contribution >= 4 is 18.4 Å². The molecule has 0 unspecified atom stereocenters. The van der Waals surface area contributed by atoms with Gasteiger partial charge >= 0.3 is 5.97 Å². The molecule has 0 bridgehead atoms. The van der Waals surface area contributed by atoms with Crippen molar-refractivity contribution in [1.82, 2.24) is 5.32 Å². The molecule has 0 saturated carbocycles. The van der Waals surface area contributed by atoms with Crippen LogP contribution in [0.1, 0.15) is 18.4 Å². The predicted molar refractivity (Wildman–Crippen MR) is 76.0 cm³/mol. The molecule has 4 nitrogen and oxygen atoms in total. The molecule has 1 aliphatic heterocycles. The van der Waals surface area contributed by atoms with Gasteiger partial charge in [0.1, 0.15) is 5.75 Å². The number of hydrogen-bond acceptors (Lipinski definition) is 4. The smallest absolute Gasteiger partial charge is 0.316 e. The number of carbonyl (C=O) groups is 1. The fourth-order valence-electron chi connectivity index (χ4n) is 2.57. The number of methoxy groups -OCH3 is 2. The fraction of sp³-hybridized carbons (Fsp3) is 0.500. The van der Waals surface area contributed by atoms with Gasteiger partial charge in [-0.3, -0.25) is 4.79 Å². The summed E-state index contributed by atoms with van der Waals surface area (Å²) in [5.41, 5.74) is 0.503. The first-order valence-electron chi connectivity index (χ1n) is 6.16. The maximum absolute atomic E-state index is 12.2. The SMILES string of the molecule is COC(=O)C1(c2ccc(OC)cc2)CCNCC1.Cl. The van der Waals surface area contributed by atoms with Crippen molar-refractivity contribution in [3.05, 3.63) is 29.8 Å². The molecule has 0 amide bonds. The van der Waals surface area contributed by atoms with Crippen LogP contribution in [0.5, 0.6) is 5.75 Å². The Bertz CT molecular complexity index is 413. The largest absolute Gasteiger partial charge is 0.497 e. The van der Waals surface area contributed by atoms with Crippen LogP contribution in [0.4, 0.5) is 0 Å². The van der Waals surface area contributed by atoms with E-state index in [-0.39, 0.29) is 18.4 Å². The number of nitrogens with one attached hydrogen (secondary N) is 1. The lowest BCUT2D eigenvalue weighted by atomic mass is 9.73. The van der Waals surface area contributed by atoms with Gasteiger partial charge in [-0.15, -0.1) is 12.4 Å². The average molecular weight is 286 g/mol. The summed E-state index contributed by atoms with van der Waals surface area (Å²) in [6.07, 6.45) is 1.54. The van der Waals surface area contributed by atoms with E-state index in [1.807, 2.05) is 24.3 Å². The minimum Gasteiger partial charge on any atom is -0.497 e. The molecule has 1 saturated heterocycles. The van der Waals surface area contributed by atoms with Crippen LogP contribution in [0, 0.1) is 0 Å². The topological polar surface area (TPSA) is 47.6 Å². The van der Waals surface area contributed by atoms with Crippen molar-refractivity contribution in [2.24, 2.45) is 0 Å². The van der Waals surface area contributed by atoms with E-state index in [2.05, 4.69) is 5.32 Å². The summed E-state index contributed by atoms with van der Waals surface area (Å²) in [5, 5.41) is 3.28. The van der Waals surface area contributed by atoms with Crippen LogP contribution in [-0.4, -0.2) is 33.3 Å². The number of carbonyl (C=O) groups excluding carboxylic acids is 1. The van der Waals surface area contributed by atoms with E-state index in [9.17, 15) is 4.79 Å². The van der Waals surface area contributed by atoms with E-state index >= 15 is 0 Å². The van der Waals surface area contributed by atoms with E-state index in [4.69, 9.17) is 9.47 Å². The Morgan fingerprint density at radius 1 is 1.16 bits per heavy atom. The standard InChI is InChI=1S/C14H19NO3.ClH/c1-17-12-5-3-11(4-6-12)14(13(16)18-2)7-9-15-10-8-14;/h3-6,15H,7-10H2,1-2H3;1H. The van der Waals surface area contributed by atoms with Gasteiger partial charge < -0.3 is 14.8 Å². The summed E-state index contributed by atoms with van der Waals surface area (Å²) >= 11 is 0. The first-order chi connectivity index (χ1) is 8.73. The number of halogens is 1. The van der Waals surface area contributed by atoms with Crippen LogP contribution < -0.4 is 10.1 Å². The first kappa shape index (κ1) is 15.8. The van der Waals surface area contributed by atoms with Gasteiger partial charge in [0.05, 0.1) is 19.6 Å². The quantitative estimate of drug-likeness (QED) is 0.862. The number of benzene rings is 1. The zero-order chi connectivity index (χ0) is 13.0. The van der Waals surface area contributed by atoms with E-state index in [0.717, 1.165) is 37.2 Å². The van der Waals surface area contributed by atoms with E-state index in [1.54, 1.807) is 7.11 Å². The summed E-state index contributed by atoms with van der Waals surface area (Å²) < 4.78 is 10.2. The lowest BCUT2D eigenvalue weighted by Crippen LogP contribution is -2.46. The highest BCUT2D eigenvalue weighted by Crippen LogP contribution is 2.35. The van der Waals surface area contributed by atoms with Gasteiger partial charge in [0, 0.05) is 0 Å². The van der Waals surface area contributed by atoms with Crippen molar-refractivity contribution in [1.29, 1.82) is 0 Å². The Balaban J connectivity index is 0.00000180. The summed E-state index contributed by atoms with van der Waals surface area (Å²) in [6.45, 7) is 1.67. The van der Waals surface area contributed by atoms with E-state index in [1.165, 1.54) is 7.11 Å². The van der Waals surface area contributed by atoms with Crippen LogP contribution in [0.3, 0.4) is 0 Å². The molecule has 0 radical (unpaired) electrons. The third kappa shape index (κ3) is 3.01. The molecule has 0 aliphatic carbocycles. The molecule has 0 atom stereocenters. The second kappa shape index (κ2) is 6.78. The van der Waals surface area contributed by atoms with Gasteiger partial charge in [-0.2, -0.15) is 0 Å². The molecule has 5 heteroatoms. The van der Waals surface area contributed by atoms with Crippen molar-refractivity contribution < 1.29 is 14.3 Å². The normalized spacial score (nSPS) is 17.2. The van der Waals surface area contributed by atoms with Crippen LogP contribution in [0.2, 0.25) is 0 Å². The molecular weight excluding hydrogens is 266 g/mol. The lowest BCUT2D eigenvalue weighted by Gasteiger charge is -2.35. The van der Waals surface area contributed by atoms with Crippen LogP contribution in [0.15, 0.2) is 24.3 Å². The molecule has 1 fully saturated rings. The molecular formula is C14H20ClNO3. The number of piperidine rings is 1. The molecule has 0 aromatic heterocycles. The highest BCUT2D eigenvalue weighted by molar-refractivity contribution is 5.85. The highest BCUT2D eigenvalue weighted by atomic mass is 35.5. The highest BCUT2D eigenvalue weighted by Gasteiger charge is 2.42. The summed E-state index contributed by atoms with van der Waals surface area (Å²) in [7, 11) is 3.09. The Kier molecular flexibility index (Phi) is 5.63. The monoisotopic (exact) mass is 285 g/mol. The minimum absolute atomic E-state index is 0. The summed E-state index contributed by atoms with van der Waals surface area (Å²) in [6, 6.07) is 7.70. The van der Waals surface area contributed by atoms with Crippen LogP contribution in [-0.2, 0) is 14.9 Å². The average Bonchev–Trinajstić information content (AvgIpc) is 2.47. The summed E-state index contributed by atoms with van der Waals surface area (Å²) in [4.78, 5) is 12.2. The fourth-order valence-corrected chi connectivity index (χ4v) is 2.57. The maximum atomic E-state index is 12.2. The van der Waals surface area contributed by atoms with Gasteiger partial charge in [0.2, 0.25) is 0 Å². The van der Waals surface area contributed by atoms with Gasteiger partial charge in [-0.05, 0) is 43.6 Å². The number of rotatable bonds is 3. The predicted octanol–water partition coefficient (Wildman–Crippen LogP) is 1.91. The molecule has 1 aliphatic rings. The second-order valence-corrected chi connectivity index (χ2v) is 4.55. The Morgan fingerprint density at radius 3 is 2.21 bits per heavy atom. The minimum atomic E-state index is -0.508. The Morgan fingerprint density at radius 2 is 1.74 bits per heavy atom. The van der Waals surface area contributed by atoms with Crippen LogP contribution in [0.25, 0.3) is 0 Å². The second-order valence-electron chi connectivity index (χ2n) is 4.55. The number of hydrogen-bond donors (Lipinski definition) is 1. The van der Waals surface area contributed by atoms with Gasteiger partial charge in [-0.25, -0.2) is 0 Å². The van der Waals surface area contributed by atoms with E-state index in [0.29, 0.717) is 0 Å². The molecule has 0 spiro atoms. The van der Waals surface area contributed by atoms with Crippen molar-refractivity contribution in [2.75, 3.05) is 27.3 Å². The number of ether oxygens (including phenoxy) is 2. The third-order valence-corrected chi connectivity index (χ3v) is 3.68. The molecule has 1 N–H and O–H groups in total. The molecule has 1 aromatic rings. The molecule has 1 heterocycles. The molecule has 106 valence electrons. The molecule has 2 rings (SSSR count). The molecule has 19 heavy (non-hydrogen) atoms. The van der Waals surface area contributed by atoms with E-state index < -0.39 is 5.41 Å². The van der Waals surface area contributed by atoms with Crippen molar-refractivity contribution in [3.8, 4) is 5.75 Å². The van der Waals surface area contributed by atoms with Gasteiger partial charge in [0.15, 0.2) is 0 Å². The molecule has 1 aromatic carbocycles. The number of esters is 1.